The van der Waals surface area contributed by atoms with Crippen molar-refractivity contribution in [2.24, 2.45) is 0 Å². The number of piperidine rings is 1. The van der Waals surface area contributed by atoms with E-state index < -0.39 is 0 Å². The highest BCUT2D eigenvalue weighted by atomic mass is 32.2. The molecule has 2 heterocycles. The van der Waals surface area contributed by atoms with Gasteiger partial charge in [-0.05, 0) is 68.9 Å². The summed E-state index contributed by atoms with van der Waals surface area (Å²) in [6, 6.07) is 7.61. The molecule has 2 aliphatic rings. The van der Waals surface area contributed by atoms with Crippen molar-refractivity contribution >= 4 is 17.7 Å². The van der Waals surface area contributed by atoms with E-state index in [1.165, 1.54) is 42.4 Å². The van der Waals surface area contributed by atoms with Gasteiger partial charge in [0.2, 0.25) is 5.91 Å². The van der Waals surface area contributed by atoms with Crippen LogP contribution in [0, 0.1) is 13.8 Å². The summed E-state index contributed by atoms with van der Waals surface area (Å²) in [6.45, 7) is 4.28. The summed E-state index contributed by atoms with van der Waals surface area (Å²) in [4.78, 5) is 14.9. The van der Waals surface area contributed by atoms with Crippen LogP contribution in [0.15, 0.2) is 18.2 Å². The Bertz CT molecular complexity index is 542. The van der Waals surface area contributed by atoms with Crippen LogP contribution in [0.2, 0.25) is 0 Å². The van der Waals surface area contributed by atoms with E-state index in [1.807, 2.05) is 11.8 Å². The normalized spacial score (nSPS) is 27.2. The quantitative estimate of drug-likeness (QED) is 0.832. The zero-order valence-corrected chi connectivity index (χ0v) is 14.8. The van der Waals surface area contributed by atoms with Gasteiger partial charge in [0, 0.05) is 23.8 Å². The van der Waals surface area contributed by atoms with E-state index in [9.17, 15) is 4.79 Å². The highest BCUT2D eigenvalue weighted by Gasteiger charge is 2.42. The van der Waals surface area contributed by atoms with Crippen LogP contribution in [0.25, 0.3) is 0 Å². The Morgan fingerprint density at radius 1 is 1.18 bits per heavy atom. The molecule has 3 heteroatoms. The molecule has 0 aliphatic carbocycles. The Morgan fingerprint density at radius 3 is 2.45 bits per heavy atom. The van der Waals surface area contributed by atoms with Crippen molar-refractivity contribution < 1.29 is 4.79 Å². The lowest BCUT2D eigenvalue weighted by Crippen LogP contribution is -2.47. The van der Waals surface area contributed by atoms with Crippen LogP contribution in [-0.4, -0.2) is 34.4 Å². The summed E-state index contributed by atoms with van der Waals surface area (Å²) >= 11 is 1.98. The van der Waals surface area contributed by atoms with Gasteiger partial charge in [0.15, 0.2) is 0 Å². The molecule has 2 nitrogen and oxygen atoms in total. The maximum Gasteiger partial charge on any atom is 0.223 e. The fourth-order valence-corrected chi connectivity index (χ4v) is 4.90. The van der Waals surface area contributed by atoms with Gasteiger partial charge in [0.25, 0.3) is 0 Å². The first-order chi connectivity index (χ1) is 10.6. The van der Waals surface area contributed by atoms with Crippen LogP contribution in [0.4, 0.5) is 0 Å². The average Bonchev–Trinajstić information content (AvgIpc) is 2.78. The number of hydrogen-bond acceptors (Lipinski definition) is 2. The van der Waals surface area contributed by atoms with E-state index in [1.54, 1.807) is 0 Å². The van der Waals surface area contributed by atoms with Crippen LogP contribution in [0.1, 0.15) is 48.8 Å². The lowest BCUT2D eigenvalue weighted by atomic mass is 9.99. The molecule has 1 aromatic rings. The number of carbonyl (C=O) groups excluding carboxylic acids is 1. The molecule has 22 heavy (non-hydrogen) atoms. The SMILES string of the molecule is CSC1CC2CCC(C1)N2C(=O)CCc1ccc(C)c(C)c1. The van der Waals surface area contributed by atoms with Gasteiger partial charge in [-0.15, -0.1) is 0 Å². The van der Waals surface area contributed by atoms with E-state index in [0.29, 0.717) is 24.4 Å². The molecule has 2 saturated heterocycles. The number of hydrogen-bond donors (Lipinski definition) is 0. The third-order valence-corrected chi connectivity index (χ3v) is 6.56. The third-order valence-electron chi connectivity index (χ3n) is 5.51. The predicted molar refractivity (Wildman–Crippen MR) is 94.4 cm³/mol. The second-order valence-corrected chi connectivity index (χ2v) is 8.07. The molecular formula is C19H27NOS. The van der Waals surface area contributed by atoms with Crippen molar-refractivity contribution in [3.63, 3.8) is 0 Å². The molecule has 0 aromatic heterocycles. The van der Waals surface area contributed by atoms with Crippen LogP contribution in [-0.2, 0) is 11.2 Å². The molecular weight excluding hydrogens is 290 g/mol. The van der Waals surface area contributed by atoms with Gasteiger partial charge >= 0.3 is 0 Å². The standard InChI is InChI=1S/C19H27NOS/c1-13-4-5-15(10-14(13)2)6-9-19(21)20-16-7-8-17(20)12-18(11-16)22-3/h4-5,10,16-18H,6-9,11-12H2,1-3H3. The topological polar surface area (TPSA) is 20.3 Å². The summed E-state index contributed by atoms with van der Waals surface area (Å²) in [7, 11) is 0. The zero-order chi connectivity index (χ0) is 15.7. The molecule has 2 atom stereocenters. The van der Waals surface area contributed by atoms with Crippen molar-refractivity contribution in [3.8, 4) is 0 Å². The Kier molecular flexibility index (Phi) is 4.82. The molecule has 2 bridgehead atoms. The number of carbonyl (C=O) groups is 1. The molecule has 0 N–H and O–H groups in total. The monoisotopic (exact) mass is 317 g/mol. The van der Waals surface area contributed by atoms with E-state index in [-0.39, 0.29) is 0 Å². The van der Waals surface area contributed by atoms with Crippen molar-refractivity contribution in [2.45, 2.75) is 69.7 Å². The van der Waals surface area contributed by atoms with Crippen molar-refractivity contribution in [3.05, 3.63) is 34.9 Å². The Labute approximate surface area is 138 Å². The number of benzene rings is 1. The lowest BCUT2D eigenvalue weighted by molar-refractivity contribution is -0.135. The largest absolute Gasteiger partial charge is 0.337 e. The van der Waals surface area contributed by atoms with Gasteiger partial charge < -0.3 is 4.90 Å². The predicted octanol–water partition coefficient (Wildman–Crippen LogP) is 4.12. The average molecular weight is 317 g/mol. The number of thioether (sulfide) groups is 1. The molecule has 0 spiro atoms. The van der Waals surface area contributed by atoms with Crippen molar-refractivity contribution in [1.29, 1.82) is 0 Å². The first-order valence-electron chi connectivity index (χ1n) is 8.48. The third kappa shape index (κ3) is 3.19. The van der Waals surface area contributed by atoms with Crippen LogP contribution >= 0.6 is 11.8 Å². The maximum atomic E-state index is 12.7. The van der Waals surface area contributed by atoms with Gasteiger partial charge in [-0.2, -0.15) is 11.8 Å². The summed E-state index contributed by atoms with van der Waals surface area (Å²) in [5.41, 5.74) is 3.95. The minimum Gasteiger partial charge on any atom is -0.337 e. The van der Waals surface area contributed by atoms with Gasteiger partial charge in [-0.3, -0.25) is 4.79 Å². The first-order valence-corrected chi connectivity index (χ1v) is 9.77. The van der Waals surface area contributed by atoms with Crippen molar-refractivity contribution in [1.82, 2.24) is 4.90 Å². The minimum atomic E-state index is 0.380. The molecule has 0 radical (unpaired) electrons. The lowest BCUT2D eigenvalue weighted by Gasteiger charge is -2.38. The highest BCUT2D eigenvalue weighted by Crippen LogP contribution is 2.39. The number of nitrogens with zero attached hydrogens (tertiary/aromatic N) is 1. The van der Waals surface area contributed by atoms with Crippen molar-refractivity contribution in [2.75, 3.05) is 6.26 Å². The number of fused-ring (bicyclic) bond motifs is 2. The number of amides is 1. The zero-order valence-electron chi connectivity index (χ0n) is 14.0. The van der Waals surface area contributed by atoms with Crippen LogP contribution < -0.4 is 0 Å². The van der Waals surface area contributed by atoms with Crippen LogP contribution in [0.5, 0.6) is 0 Å². The highest BCUT2D eigenvalue weighted by molar-refractivity contribution is 7.99. The molecule has 3 rings (SSSR count). The maximum absolute atomic E-state index is 12.7. The molecule has 2 aliphatic heterocycles. The van der Waals surface area contributed by atoms with E-state index >= 15 is 0 Å². The fourth-order valence-electron chi connectivity index (χ4n) is 4.07. The van der Waals surface area contributed by atoms with E-state index in [0.717, 1.165) is 11.7 Å². The van der Waals surface area contributed by atoms with Gasteiger partial charge in [-0.25, -0.2) is 0 Å². The molecule has 2 unspecified atom stereocenters. The van der Waals surface area contributed by atoms with Gasteiger partial charge in [-0.1, -0.05) is 18.2 Å². The summed E-state index contributed by atoms with van der Waals surface area (Å²) in [5.74, 6) is 0.380. The first kappa shape index (κ1) is 15.9. The summed E-state index contributed by atoms with van der Waals surface area (Å²) in [6.07, 6.45) is 8.59. The molecule has 2 fully saturated rings. The molecule has 1 aromatic carbocycles. The van der Waals surface area contributed by atoms with Crippen LogP contribution in [0.3, 0.4) is 0 Å². The Hall–Kier alpha value is -0.960. The Balaban J connectivity index is 1.59. The molecule has 0 saturated carbocycles. The fraction of sp³-hybridized carbons (Fsp3) is 0.632. The van der Waals surface area contributed by atoms with E-state index in [4.69, 9.17) is 0 Å². The van der Waals surface area contributed by atoms with Gasteiger partial charge in [0.05, 0.1) is 0 Å². The Morgan fingerprint density at radius 2 is 1.86 bits per heavy atom. The van der Waals surface area contributed by atoms with Gasteiger partial charge in [0.1, 0.15) is 0 Å². The van der Waals surface area contributed by atoms with E-state index in [2.05, 4.69) is 43.2 Å². The smallest absolute Gasteiger partial charge is 0.223 e. The minimum absolute atomic E-state index is 0.380. The summed E-state index contributed by atoms with van der Waals surface area (Å²) < 4.78 is 0. The second-order valence-electron chi connectivity index (χ2n) is 6.93. The number of rotatable bonds is 4. The summed E-state index contributed by atoms with van der Waals surface area (Å²) in [5, 5.41) is 0.765. The molecule has 120 valence electrons. The number of aryl methyl sites for hydroxylation is 3. The second kappa shape index (κ2) is 6.66. The molecule has 1 amide bonds.